The molecule has 0 bridgehead atoms. The number of allylic oxidation sites excluding steroid dienone is 3. The number of fused-ring (bicyclic) bond motifs is 1. The number of rotatable bonds is 5. The van der Waals surface area contributed by atoms with E-state index >= 15 is 0 Å². The number of nitrogens with one attached hydrogen (secondary N) is 1. The molecule has 0 aromatic heterocycles. The van der Waals surface area contributed by atoms with Crippen molar-refractivity contribution in [3.8, 4) is 0 Å². The topological polar surface area (TPSA) is 55.4 Å². The van der Waals surface area contributed by atoms with Crippen LogP contribution in [-0.4, -0.2) is 35.0 Å². The largest absolute Gasteiger partial charge is 0.464 e. The molecule has 0 spiro atoms. The summed E-state index contributed by atoms with van der Waals surface area (Å²) in [6, 6.07) is 7.94. The number of ether oxygens (including phenoxy) is 1. The van der Waals surface area contributed by atoms with Gasteiger partial charge in [0, 0.05) is 12.8 Å². The van der Waals surface area contributed by atoms with Gasteiger partial charge in [-0.15, -0.1) is 11.8 Å². The number of amides is 1. The molecule has 0 saturated heterocycles. The van der Waals surface area contributed by atoms with E-state index in [0.717, 1.165) is 11.1 Å². The highest BCUT2D eigenvalue weighted by Crippen LogP contribution is 2.36. The minimum atomic E-state index is -1.02. The first-order valence-electron chi connectivity index (χ1n) is 8.51. The summed E-state index contributed by atoms with van der Waals surface area (Å²) in [7, 11) is 0. The summed E-state index contributed by atoms with van der Waals surface area (Å²) in [4.78, 5) is 25.9. The van der Waals surface area contributed by atoms with Gasteiger partial charge in [-0.3, -0.25) is 4.79 Å². The highest BCUT2D eigenvalue weighted by atomic mass is 32.2. The van der Waals surface area contributed by atoms with Crippen molar-refractivity contribution < 1.29 is 14.3 Å². The summed E-state index contributed by atoms with van der Waals surface area (Å²) in [6.45, 7) is 2.08. The third-order valence-corrected chi connectivity index (χ3v) is 6.12. The molecule has 1 N–H and O–H groups in total. The molecule has 132 valence electrons. The van der Waals surface area contributed by atoms with Gasteiger partial charge in [-0.05, 0) is 30.7 Å². The fraction of sp³-hybridized carbons (Fsp3) is 0.400. The molecule has 0 aliphatic heterocycles. The molecule has 0 heterocycles. The van der Waals surface area contributed by atoms with Crippen molar-refractivity contribution in [2.75, 3.05) is 12.9 Å². The monoisotopic (exact) mass is 357 g/mol. The summed E-state index contributed by atoms with van der Waals surface area (Å²) in [5, 5.41) is 3.07. The van der Waals surface area contributed by atoms with Crippen molar-refractivity contribution in [1.82, 2.24) is 5.32 Å². The van der Waals surface area contributed by atoms with Crippen LogP contribution in [0, 0.1) is 0 Å². The van der Waals surface area contributed by atoms with E-state index in [-0.39, 0.29) is 11.9 Å². The van der Waals surface area contributed by atoms with Gasteiger partial charge in [0.25, 0.3) is 0 Å². The van der Waals surface area contributed by atoms with Crippen molar-refractivity contribution in [3.05, 3.63) is 59.7 Å². The Kier molecular flexibility index (Phi) is 5.04. The van der Waals surface area contributed by atoms with Gasteiger partial charge in [0.15, 0.2) is 0 Å². The van der Waals surface area contributed by atoms with Gasteiger partial charge in [0.1, 0.15) is 10.3 Å². The second-order valence-electron chi connectivity index (χ2n) is 6.46. The highest BCUT2D eigenvalue weighted by Gasteiger charge is 2.49. The highest BCUT2D eigenvalue weighted by molar-refractivity contribution is 8.00. The molecule has 0 fully saturated rings. The molecule has 4 nitrogen and oxygen atoms in total. The first kappa shape index (κ1) is 17.8. The smallest absolute Gasteiger partial charge is 0.332 e. The van der Waals surface area contributed by atoms with Gasteiger partial charge in [-0.1, -0.05) is 48.6 Å². The third kappa shape index (κ3) is 3.25. The Bertz CT molecular complexity index is 715. The fourth-order valence-electron chi connectivity index (χ4n) is 3.50. The van der Waals surface area contributed by atoms with Gasteiger partial charge in [0.2, 0.25) is 5.91 Å². The third-order valence-electron chi connectivity index (χ3n) is 4.90. The van der Waals surface area contributed by atoms with E-state index in [1.54, 1.807) is 6.92 Å². The average Bonchev–Trinajstić information content (AvgIpc) is 3.01. The van der Waals surface area contributed by atoms with Crippen molar-refractivity contribution in [2.24, 2.45) is 0 Å². The zero-order chi connectivity index (χ0) is 17.9. The quantitative estimate of drug-likeness (QED) is 0.824. The number of hydrogen-bond donors (Lipinski definition) is 1. The van der Waals surface area contributed by atoms with Crippen LogP contribution >= 0.6 is 11.8 Å². The van der Waals surface area contributed by atoms with E-state index in [1.807, 2.05) is 54.8 Å². The standard InChI is InChI=1S/C20H23NO3S/c1-3-24-18(23)19(13-15-9-5-6-10-16(15)14-19)21-17(22)20(25-2)11-7-4-8-12-20/h4-11H,3,12-14H2,1-2H3,(H,21,22). The number of benzene rings is 1. The van der Waals surface area contributed by atoms with Crippen LogP contribution in [0.1, 0.15) is 24.5 Å². The Morgan fingerprint density at radius 1 is 1.20 bits per heavy atom. The lowest BCUT2D eigenvalue weighted by Gasteiger charge is -2.34. The van der Waals surface area contributed by atoms with Crippen LogP contribution in [0.3, 0.4) is 0 Å². The molecule has 0 radical (unpaired) electrons. The molecule has 1 aromatic carbocycles. The average molecular weight is 357 g/mol. The second kappa shape index (κ2) is 7.08. The zero-order valence-corrected chi connectivity index (χ0v) is 15.4. The van der Waals surface area contributed by atoms with Crippen LogP contribution in [0.25, 0.3) is 0 Å². The molecular weight excluding hydrogens is 334 g/mol. The van der Waals surface area contributed by atoms with Crippen LogP contribution in [-0.2, 0) is 27.2 Å². The van der Waals surface area contributed by atoms with Crippen molar-refractivity contribution in [3.63, 3.8) is 0 Å². The molecule has 25 heavy (non-hydrogen) atoms. The second-order valence-corrected chi connectivity index (χ2v) is 7.60. The molecule has 1 unspecified atom stereocenters. The van der Waals surface area contributed by atoms with Crippen LogP contribution in [0.15, 0.2) is 48.6 Å². The maximum Gasteiger partial charge on any atom is 0.332 e. The number of esters is 1. The maximum absolute atomic E-state index is 13.1. The molecule has 1 atom stereocenters. The van der Waals surface area contributed by atoms with E-state index in [2.05, 4.69) is 5.32 Å². The summed E-state index contributed by atoms with van der Waals surface area (Å²) in [5.41, 5.74) is 1.16. The van der Waals surface area contributed by atoms with E-state index < -0.39 is 10.3 Å². The molecule has 5 heteroatoms. The SMILES string of the molecule is CCOC(=O)C1(NC(=O)C2(SC)C=CC=CC2)Cc2ccccc2C1. The molecule has 3 rings (SSSR count). The number of carbonyl (C=O) groups is 2. The van der Waals surface area contributed by atoms with Crippen molar-refractivity contribution in [1.29, 1.82) is 0 Å². The first-order chi connectivity index (χ1) is 12.1. The van der Waals surface area contributed by atoms with Crippen LogP contribution in [0.5, 0.6) is 0 Å². The number of thioether (sulfide) groups is 1. The fourth-order valence-corrected chi connectivity index (χ4v) is 4.22. The first-order valence-corrected chi connectivity index (χ1v) is 9.74. The Hall–Kier alpha value is -2.01. The lowest BCUT2D eigenvalue weighted by molar-refractivity contribution is -0.153. The Morgan fingerprint density at radius 2 is 1.88 bits per heavy atom. The van der Waals surface area contributed by atoms with Gasteiger partial charge in [0.05, 0.1) is 6.61 Å². The summed E-state index contributed by atoms with van der Waals surface area (Å²) < 4.78 is 4.65. The summed E-state index contributed by atoms with van der Waals surface area (Å²) in [6.07, 6.45) is 11.2. The van der Waals surface area contributed by atoms with Crippen LogP contribution in [0.4, 0.5) is 0 Å². The van der Waals surface area contributed by atoms with Gasteiger partial charge in [-0.25, -0.2) is 4.79 Å². The van der Waals surface area contributed by atoms with Crippen molar-refractivity contribution in [2.45, 2.75) is 36.5 Å². The zero-order valence-electron chi connectivity index (χ0n) is 14.6. The molecule has 1 aromatic rings. The van der Waals surface area contributed by atoms with Gasteiger partial charge in [-0.2, -0.15) is 0 Å². The predicted octanol–water partition coefficient (Wildman–Crippen LogP) is 2.82. The molecule has 1 amide bonds. The predicted molar refractivity (Wildman–Crippen MR) is 100 cm³/mol. The molecule has 2 aliphatic carbocycles. The Morgan fingerprint density at radius 3 is 2.40 bits per heavy atom. The van der Waals surface area contributed by atoms with Crippen LogP contribution < -0.4 is 5.32 Å². The Labute approximate surface area is 152 Å². The minimum absolute atomic E-state index is 0.138. The molecule has 2 aliphatic rings. The van der Waals surface area contributed by atoms with E-state index in [9.17, 15) is 9.59 Å². The summed E-state index contributed by atoms with van der Waals surface area (Å²) in [5.74, 6) is -0.493. The van der Waals surface area contributed by atoms with Crippen LogP contribution in [0.2, 0.25) is 0 Å². The molecular formula is C20H23NO3S. The van der Waals surface area contributed by atoms with Gasteiger partial charge >= 0.3 is 5.97 Å². The lowest BCUT2D eigenvalue weighted by Crippen LogP contribution is -2.60. The van der Waals surface area contributed by atoms with Crippen molar-refractivity contribution >= 4 is 23.6 Å². The number of hydrogen-bond acceptors (Lipinski definition) is 4. The lowest BCUT2D eigenvalue weighted by atomic mass is 9.92. The summed E-state index contributed by atoms with van der Waals surface area (Å²) >= 11 is 1.49. The normalized spacial score (nSPS) is 23.1. The van der Waals surface area contributed by atoms with E-state index in [0.29, 0.717) is 25.9 Å². The van der Waals surface area contributed by atoms with E-state index in [1.165, 1.54) is 11.8 Å². The minimum Gasteiger partial charge on any atom is -0.464 e. The number of carbonyl (C=O) groups excluding carboxylic acids is 2. The van der Waals surface area contributed by atoms with E-state index in [4.69, 9.17) is 4.74 Å². The Balaban J connectivity index is 1.89. The maximum atomic E-state index is 13.1. The van der Waals surface area contributed by atoms with Gasteiger partial charge < -0.3 is 10.1 Å². The molecule has 0 saturated carbocycles.